The molecule has 0 radical (unpaired) electrons. The number of hydrogen-bond donors (Lipinski definition) is 1. The lowest BCUT2D eigenvalue weighted by Crippen LogP contribution is -2.41. The van der Waals surface area contributed by atoms with Crippen LogP contribution in [-0.4, -0.2) is 48.3 Å². The number of amides is 2. The maximum atomic E-state index is 13.3. The SMILES string of the molecule is CCOC(=O)N1CCC(n2ccc3c(NC(=O)Cc4ccc(OC)cc4)cccc3c2=O)CC1. The quantitative estimate of drug-likeness (QED) is 0.597. The van der Waals surface area contributed by atoms with Gasteiger partial charge in [-0.25, -0.2) is 4.79 Å². The summed E-state index contributed by atoms with van der Waals surface area (Å²) in [6, 6.07) is 14.6. The molecule has 0 spiro atoms. The number of hydrogen-bond acceptors (Lipinski definition) is 5. The van der Waals surface area contributed by atoms with Crippen LogP contribution >= 0.6 is 0 Å². The number of pyridine rings is 1. The highest BCUT2D eigenvalue weighted by molar-refractivity contribution is 6.02. The molecule has 2 heterocycles. The average Bonchev–Trinajstić information content (AvgIpc) is 2.85. The molecule has 0 unspecified atom stereocenters. The summed E-state index contributed by atoms with van der Waals surface area (Å²) >= 11 is 0. The van der Waals surface area contributed by atoms with Gasteiger partial charge >= 0.3 is 6.09 Å². The van der Waals surface area contributed by atoms with Crippen molar-refractivity contribution in [1.29, 1.82) is 0 Å². The first kappa shape index (κ1) is 23.4. The molecule has 8 heteroatoms. The third kappa shape index (κ3) is 5.06. The van der Waals surface area contributed by atoms with E-state index in [1.54, 1.807) is 47.9 Å². The van der Waals surface area contributed by atoms with E-state index in [-0.39, 0.29) is 30.0 Å². The van der Waals surface area contributed by atoms with Crippen molar-refractivity contribution >= 4 is 28.5 Å². The molecule has 1 N–H and O–H groups in total. The number of piperidine rings is 1. The van der Waals surface area contributed by atoms with Crippen molar-refractivity contribution in [2.24, 2.45) is 0 Å². The molecule has 1 aromatic heterocycles. The third-order valence-electron chi connectivity index (χ3n) is 6.15. The smallest absolute Gasteiger partial charge is 0.409 e. The highest BCUT2D eigenvalue weighted by Gasteiger charge is 2.25. The second-order valence-corrected chi connectivity index (χ2v) is 8.29. The zero-order valence-corrected chi connectivity index (χ0v) is 19.5. The van der Waals surface area contributed by atoms with E-state index < -0.39 is 0 Å². The first-order chi connectivity index (χ1) is 16.5. The van der Waals surface area contributed by atoms with E-state index in [1.807, 2.05) is 30.3 Å². The Hall–Kier alpha value is -3.81. The summed E-state index contributed by atoms with van der Waals surface area (Å²) < 4.78 is 12.0. The molecule has 34 heavy (non-hydrogen) atoms. The first-order valence-corrected chi connectivity index (χ1v) is 11.5. The predicted molar refractivity (Wildman–Crippen MR) is 130 cm³/mol. The van der Waals surface area contributed by atoms with Crippen LogP contribution in [0.5, 0.6) is 5.75 Å². The van der Waals surface area contributed by atoms with Gasteiger partial charge in [0.25, 0.3) is 5.56 Å². The molecule has 2 aromatic carbocycles. The fourth-order valence-electron chi connectivity index (χ4n) is 4.35. The largest absolute Gasteiger partial charge is 0.497 e. The van der Waals surface area contributed by atoms with Crippen molar-refractivity contribution in [3.8, 4) is 5.75 Å². The van der Waals surface area contributed by atoms with Gasteiger partial charge < -0.3 is 24.3 Å². The van der Waals surface area contributed by atoms with E-state index in [2.05, 4.69) is 5.32 Å². The molecule has 1 saturated heterocycles. The van der Waals surface area contributed by atoms with Crippen LogP contribution < -0.4 is 15.6 Å². The van der Waals surface area contributed by atoms with E-state index >= 15 is 0 Å². The van der Waals surface area contributed by atoms with E-state index in [0.717, 1.165) is 11.3 Å². The van der Waals surface area contributed by atoms with Crippen LogP contribution in [-0.2, 0) is 16.0 Å². The average molecular weight is 464 g/mol. The van der Waals surface area contributed by atoms with Crippen LogP contribution in [0.25, 0.3) is 10.8 Å². The minimum Gasteiger partial charge on any atom is -0.497 e. The number of likely N-dealkylation sites (tertiary alicyclic amines) is 1. The second-order valence-electron chi connectivity index (χ2n) is 8.29. The number of benzene rings is 2. The Labute approximate surface area is 198 Å². The molecule has 1 aliphatic heterocycles. The Morgan fingerprint density at radius 2 is 1.76 bits per heavy atom. The van der Waals surface area contributed by atoms with Crippen molar-refractivity contribution in [2.45, 2.75) is 32.2 Å². The monoisotopic (exact) mass is 463 g/mol. The van der Waals surface area contributed by atoms with E-state index in [4.69, 9.17) is 9.47 Å². The van der Waals surface area contributed by atoms with Gasteiger partial charge in [-0.1, -0.05) is 18.2 Å². The van der Waals surface area contributed by atoms with Crippen molar-refractivity contribution in [3.05, 3.63) is 70.6 Å². The Bertz CT molecular complexity index is 1230. The molecule has 3 aromatic rings. The summed E-state index contributed by atoms with van der Waals surface area (Å²) in [6.45, 7) is 3.24. The van der Waals surface area contributed by atoms with Gasteiger partial charge in [0.05, 0.1) is 20.1 Å². The third-order valence-corrected chi connectivity index (χ3v) is 6.15. The Kier molecular flexibility index (Phi) is 7.15. The molecule has 0 aliphatic carbocycles. The number of carbonyl (C=O) groups is 2. The van der Waals surface area contributed by atoms with Gasteiger partial charge in [-0.2, -0.15) is 0 Å². The molecule has 178 valence electrons. The van der Waals surface area contributed by atoms with Gasteiger partial charge in [-0.15, -0.1) is 0 Å². The van der Waals surface area contributed by atoms with Crippen molar-refractivity contribution in [2.75, 3.05) is 32.1 Å². The summed E-state index contributed by atoms with van der Waals surface area (Å²) in [7, 11) is 1.60. The maximum Gasteiger partial charge on any atom is 0.409 e. The number of anilines is 1. The van der Waals surface area contributed by atoms with E-state index in [1.165, 1.54) is 0 Å². The molecule has 0 bridgehead atoms. The van der Waals surface area contributed by atoms with Gasteiger partial charge in [-0.3, -0.25) is 9.59 Å². The predicted octanol–water partition coefficient (Wildman–Crippen LogP) is 3.98. The number of fused-ring (bicyclic) bond motifs is 1. The van der Waals surface area contributed by atoms with Crippen LogP contribution in [0.2, 0.25) is 0 Å². The Morgan fingerprint density at radius 1 is 1.03 bits per heavy atom. The normalized spacial score (nSPS) is 14.1. The molecular weight excluding hydrogens is 434 g/mol. The van der Waals surface area contributed by atoms with Gasteiger partial charge in [0.2, 0.25) is 5.91 Å². The number of rotatable bonds is 6. The maximum absolute atomic E-state index is 13.3. The zero-order chi connectivity index (χ0) is 24.1. The minimum absolute atomic E-state index is 0.0101. The summed E-state index contributed by atoms with van der Waals surface area (Å²) in [5.41, 5.74) is 1.38. The number of aromatic nitrogens is 1. The van der Waals surface area contributed by atoms with Crippen LogP contribution in [0, 0.1) is 0 Å². The fraction of sp³-hybridized carbons (Fsp3) is 0.346. The summed E-state index contributed by atoms with van der Waals surface area (Å²) in [5, 5.41) is 4.20. The number of nitrogens with zero attached hydrogens (tertiary/aromatic N) is 2. The Balaban J connectivity index is 1.48. The lowest BCUT2D eigenvalue weighted by Gasteiger charge is -2.32. The fourth-order valence-corrected chi connectivity index (χ4v) is 4.35. The van der Waals surface area contributed by atoms with E-state index in [9.17, 15) is 14.4 Å². The van der Waals surface area contributed by atoms with Crippen molar-refractivity contribution in [1.82, 2.24) is 9.47 Å². The van der Waals surface area contributed by atoms with Crippen LogP contribution in [0.1, 0.15) is 31.4 Å². The van der Waals surface area contributed by atoms with Crippen molar-refractivity contribution in [3.63, 3.8) is 0 Å². The first-order valence-electron chi connectivity index (χ1n) is 11.5. The lowest BCUT2D eigenvalue weighted by molar-refractivity contribution is -0.115. The molecule has 4 rings (SSSR count). The van der Waals surface area contributed by atoms with Crippen molar-refractivity contribution < 1.29 is 19.1 Å². The zero-order valence-electron chi connectivity index (χ0n) is 19.5. The van der Waals surface area contributed by atoms with Gasteiger partial charge in [0.1, 0.15) is 5.75 Å². The molecule has 0 atom stereocenters. The molecule has 8 nitrogen and oxygen atoms in total. The number of carbonyl (C=O) groups excluding carboxylic acids is 2. The van der Waals surface area contributed by atoms with Crippen LogP contribution in [0.15, 0.2) is 59.5 Å². The van der Waals surface area contributed by atoms with Gasteiger partial charge in [0, 0.05) is 41.8 Å². The number of methoxy groups -OCH3 is 1. The lowest BCUT2D eigenvalue weighted by atomic mass is 10.0. The highest BCUT2D eigenvalue weighted by atomic mass is 16.6. The van der Waals surface area contributed by atoms with Gasteiger partial charge in [-0.05, 0) is 55.7 Å². The van der Waals surface area contributed by atoms with Crippen LogP contribution in [0.3, 0.4) is 0 Å². The number of ether oxygens (including phenoxy) is 2. The molecule has 1 aliphatic rings. The van der Waals surface area contributed by atoms with E-state index in [0.29, 0.717) is 49.0 Å². The topological polar surface area (TPSA) is 89.9 Å². The number of nitrogens with one attached hydrogen (secondary N) is 1. The standard InChI is InChI=1S/C26H29N3O5/c1-3-34-26(32)28-14-11-19(12-15-28)29-16-13-21-22(25(29)31)5-4-6-23(21)27-24(30)17-18-7-9-20(33-2)10-8-18/h4-10,13,16,19H,3,11-12,14-15,17H2,1-2H3,(H,27,30). The van der Waals surface area contributed by atoms with Crippen LogP contribution in [0.4, 0.5) is 10.5 Å². The van der Waals surface area contributed by atoms with Gasteiger partial charge in [0.15, 0.2) is 0 Å². The molecule has 1 fully saturated rings. The molecule has 0 saturated carbocycles. The highest BCUT2D eigenvalue weighted by Crippen LogP contribution is 2.25. The summed E-state index contributed by atoms with van der Waals surface area (Å²) in [6.07, 6.45) is 3.07. The molecular formula is C26H29N3O5. The summed E-state index contributed by atoms with van der Waals surface area (Å²) in [5.74, 6) is 0.578. The minimum atomic E-state index is -0.304. The second kappa shape index (κ2) is 10.4. The Morgan fingerprint density at radius 3 is 2.44 bits per heavy atom. The molecule has 2 amide bonds. The summed E-state index contributed by atoms with van der Waals surface area (Å²) in [4.78, 5) is 39.5.